The topological polar surface area (TPSA) is 47.2 Å². The fourth-order valence-corrected chi connectivity index (χ4v) is 3.20. The molecule has 0 atom stereocenters. The minimum Gasteiger partial charge on any atom is -0.340 e. The fraction of sp³-hybridized carbons (Fsp3) is 0.263. The van der Waals surface area contributed by atoms with E-state index in [1.165, 1.54) is 0 Å². The van der Waals surface area contributed by atoms with E-state index in [2.05, 4.69) is 15.9 Å². The van der Waals surface area contributed by atoms with Crippen molar-refractivity contribution in [2.75, 3.05) is 7.05 Å². The van der Waals surface area contributed by atoms with Crippen molar-refractivity contribution in [1.82, 2.24) is 14.0 Å². The van der Waals surface area contributed by atoms with Crippen LogP contribution in [0.5, 0.6) is 0 Å². The second kappa shape index (κ2) is 7.27. The van der Waals surface area contributed by atoms with Gasteiger partial charge in [0.15, 0.2) is 0 Å². The molecule has 1 aromatic heterocycles. The number of nitrogens with zero attached hydrogens (tertiary/aromatic N) is 3. The lowest BCUT2D eigenvalue weighted by Gasteiger charge is -2.17. The molecule has 0 unspecified atom stereocenters. The van der Waals surface area contributed by atoms with Crippen LogP contribution in [-0.4, -0.2) is 27.0 Å². The highest BCUT2D eigenvalue weighted by atomic mass is 79.9. The number of fused-ring (bicyclic) bond motifs is 1. The molecule has 0 fully saturated rings. The molecule has 1 amide bonds. The van der Waals surface area contributed by atoms with Gasteiger partial charge in [-0.3, -0.25) is 13.9 Å². The Labute approximate surface area is 154 Å². The van der Waals surface area contributed by atoms with E-state index in [0.717, 1.165) is 21.1 Å². The standard InChI is InChI=1S/C19H20BrN3O2/c1-3-22-16-6-4-5-7-17(16)23(19(22)25)13-18(24)21(2)12-14-8-10-15(20)11-9-14/h4-11H,3,12-13H2,1-2H3. The van der Waals surface area contributed by atoms with Gasteiger partial charge in [-0.25, -0.2) is 4.79 Å². The van der Waals surface area contributed by atoms with Crippen molar-refractivity contribution in [1.29, 1.82) is 0 Å². The van der Waals surface area contributed by atoms with Crippen molar-refractivity contribution in [3.8, 4) is 0 Å². The summed E-state index contributed by atoms with van der Waals surface area (Å²) in [5.41, 5.74) is 2.55. The molecule has 0 bridgehead atoms. The van der Waals surface area contributed by atoms with Crippen LogP contribution in [0.3, 0.4) is 0 Å². The van der Waals surface area contributed by atoms with E-state index in [1.807, 2.05) is 55.5 Å². The molecule has 6 heteroatoms. The van der Waals surface area contributed by atoms with Gasteiger partial charge >= 0.3 is 5.69 Å². The quantitative estimate of drug-likeness (QED) is 0.658. The van der Waals surface area contributed by atoms with E-state index < -0.39 is 0 Å². The van der Waals surface area contributed by atoms with Gasteiger partial charge in [0.1, 0.15) is 6.54 Å². The molecule has 3 aromatic rings. The molecule has 0 radical (unpaired) electrons. The Kier molecular flexibility index (Phi) is 5.08. The van der Waals surface area contributed by atoms with Crippen molar-refractivity contribution < 1.29 is 4.79 Å². The lowest BCUT2D eigenvalue weighted by Crippen LogP contribution is -2.34. The Morgan fingerprint density at radius 1 is 1.04 bits per heavy atom. The first-order chi connectivity index (χ1) is 12.0. The average Bonchev–Trinajstić information content (AvgIpc) is 2.88. The monoisotopic (exact) mass is 401 g/mol. The fourth-order valence-electron chi connectivity index (χ4n) is 2.94. The number of halogens is 1. The Balaban J connectivity index is 1.83. The van der Waals surface area contributed by atoms with Crippen LogP contribution >= 0.6 is 15.9 Å². The van der Waals surface area contributed by atoms with E-state index >= 15 is 0 Å². The van der Waals surface area contributed by atoms with Crippen LogP contribution in [0.1, 0.15) is 12.5 Å². The maximum atomic E-state index is 12.6. The zero-order valence-corrected chi connectivity index (χ0v) is 15.9. The first-order valence-electron chi connectivity index (χ1n) is 8.17. The molecule has 0 N–H and O–H groups in total. The number of hydrogen-bond acceptors (Lipinski definition) is 2. The molecular formula is C19H20BrN3O2. The molecule has 5 nitrogen and oxygen atoms in total. The number of likely N-dealkylation sites (N-methyl/N-ethyl adjacent to an activating group) is 1. The van der Waals surface area contributed by atoms with Gasteiger partial charge in [-0.15, -0.1) is 0 Å². The predicted molar refractivity (Wildman–Crippen MR) is 102 cm³/mol. The summed E-state index contributed by atoms with van der Waals surface area (Å²) >= 11 is 3.40. The number of rotatable bonds is 5. The summed E-state index contributed by atoms with van der Waals surface area (Å²) in [6, 6.07) is 15.4. The SMILES string of the molecule is CCn1c(=O)n(CC(=O)N(C)Cc2ccc(Br)cc2)c2ccccc21. The highest BCUT2D eigenvalue weighted by Crippen LogP contribution is 2.14. The average molecular weight is 402 g/mol. The molecule has 2 aromatic carbocycles. The van der Waals surface area contributed by atoms with Gasteiger partial charge in [0, 0.05) is 24.6 Å². The molecule has 0 aliphatic rings. The maximum absolute atomic E-state index is 12.6. The van der Waals surface area contributed by atoms with Crippen LogP contribution < -0.4 is 5.69 Å². The number of hydrogen-bond donors (Lipinski definition) is 0. The van der Waals surface area contributed by atoms with Gasteiger partial charge in [-0.1, -0.05) is 40.2 Å². The van der Waals surface area contributed by atoms with Gasteiger partial charge in [0.2, 0.25) is 5.91 Å². The number of benzene rings is 2. The lowest BCUT2D eigenvalue weighted by molar-refractivity contribution is -0.131. The van der Waals surface area contributed by atoms with E-state index in [4.69, 9.17) is 0 Å². The van der Waals surface area contributed by atoms with Crippen LogP contribution in [0.2, 0.25) is 0 Å². The Morgan fingerprint density at radius 3 is 2.24 bits per heavy atom. The zero-order chi connectivity index (χ0) is 18.0. The molecule has 0 aliphatic heterocycles. The van der Waals surface area contributed by atoms with Gasteiger partial charge in [-0.2, -0.15) is 0 Å². The minimum absolute atomic E-state index is 0.0410. The van der Waals surface area contributed by atoms with Gasteiger partial charge in [0.05, 0.1) is 11.0 Å². The Bertz CT molecular complexity index is 957. The summed E-state index contributed by atoms with van der Waals surface area (Å²) in [5.74, 6) is -0.0935. The third-order valence-corrected chi connectivity index (χ3v) is 4.82. The third kappa shape index (κ3) is 3.54. The van der Waals surface area contributed by atoms with Gasteiger partial charge < -0.3 is 4.90 Å². The molecular weight excluding hydrogens is 382 g/mol. The summed E-state index contributed by atoms with van der Waals surface area (Å²) in [6.07, 6.45) is 0. The lowest BCUT2D eigenvalue weighted by atomic mass is 10.2. The summed E-state index contributed by atoms with van der Waals surface area (Å²) in [7, 11) is 1.76. The van der Waals surface area contributed by atoms with E-state index in [9.17, 15) is 9.59 Å². The summed E-state index contributed by atoms with van der Waals surface area (Å²) in [6.45, 7) is 3.06. The number of aryl methyl sites for hydroxylation is 1. The van der Waals surface area contributed by atoms with Crippen LogP contribution in [0.4, 0.5) is 0 Å². The molecule has 0 saturated carbocycles. The molecule has 130 valence electrons. The molecule has 1 heterocycles. The van der Waals surface area contributed by atoms with Crippen LogP contribution in [-0.2, 0) is 24.4 Å². The summed E-state index contributed by atoms with van der Waals surface area (Å²) < 4.78 is 4.25. The van der Waals surface area contributed by atoms with Crippen LogP contribution in [0.15, 0.2) is 57.8 Å². The zero-order valence-electron chi connectivity index (χ0n) is 14.3. The van der Waals surface area contributed by atoms with Crippen molar-refractivity contribution in [2.24, 2.45) is 0 Å². The van der Waals surface area contributed by atoms with Crippen molar-refractivity contribution in [3.63, 3.8) is 0 Å². The Morgan fingerprint density at radius 2 is 1.64 bits per heavy atom. The second-order valence-corrected chi connectivity index (χ2v) is 6.89. The molecule has 0 saturated heterocycles. The number of carbonyl (C=O) groups excluding carboxylic acids is 1. The summed E-state index contributed by atoms with van der Waals surface area (Å²) in [5, 5.41) is 0. The molecule has 3 rings (SSSR count). The van der Waals surface area contributed by atoms with Crippen molar-refractivity contribution in [2.45, 2.75) is 26.6 Å². The Hall–Kier alpha value is -2.34. The van der Waals surface area contributed by atoms with Crippen LogP contribution in [0, 0.1) is 0 Å². The number of para-hydroxylation sites is 2. The third-order valence-electron chi connectivity index (χ3n) is 4.29. The van der Waals surface area contributed by atoms with E-state index in [1.54, 1.807) is 21.1 Å². The van der Waals surface area contributed by atoms with Gasteiger partial charge in [0.25, 0.3) is 0 Å². The van der Waals surface area contributed by atoms with Crippen molar-refractivity contribution >= 4 is 32.9 Å². The van der Waals surface area contributed by atoms with Gasteiger partial charge in [-0.05, 0) is 36.8 Å². The number of amides is 1. The number of imidazole rings is 1. The predicted octanol–water partition coefficient (Wildman–Crippen LogP) is 3.24. The maximum Gasteiger partial charge on any atom is 0.329 e. The second-order valence-electron chi connectivity index (χ2n) is 5.98. The van der Waals surface area contributed by atoms with E-state index in [-0.39, 0.29) is 18.1 Å². The largest absolute Gasteiger partial charge is 0.340 e. The molecule has 0 aliphatic carbocycles. The number of aromatic nitrogens is 2. The van der Waals surface area contributed by atoms with E-state index in [0.29, 0.717) is 13.1 Å². The smallest absolute Gasteiger partial charge is 0.329 e. The number of carbonyl (C=O) groups is 1. The first kappa shape index (κ1) is 17.5. The first-order valence-corrected chi connectivity index (χ1v) is 8.97. The minimum atomic E-state index is -0.144. The summed E-state index contributed by atoms with van der Waals surface area (Å²) in [4.78, 5) is 26.9. The highest BCUT2D eigenvalue weighted by Gasteiger charge is 2.16. The highest BCUT2D eigenvalue weighted by molar-refractivity contribution is 9.10. The molecule has 25 heavy (non-hydrogen) atoms. The molecule has 0 spiro atoms. The normalized spacial score (nSPS) is 11.0. The van der Waals surface area contributed by atoms with Crippen molar-refractivity contribution in [3.05, 3.63) is 69.1 Å². The van der Waals surface area contributed by atoms with Crippen LogP contribution in [0.25, 0.3) is 11.0 Å².